The molecule has 0 amide bonds. The number of aromatic hydroxyl groups is 1. The first-order valence-electron chi connectivity index (χ1n) is 8.63. The first-order valence-corrected chi connectivity index (χ1v) is 10.1. The molecule has 0 fully saturated rings. The van der Waals surface area contributed by atoms with Crippen molar-refractivity contribution >= 4 is 15.8 Å². The number of benzene rings is 1. The van der Waals surface area contributed by atoms with Crippen LogP contribution in [0.25, 0.3) is 0 Å². The van der Waals surface area contributed by atoms with Crippen molar-refractivity contribution in [1.82, 2.24) is 0 Å². The molecule has 0 radical (unpaired) electrons. The molecule has 152 valence electrons. The molecule has 0 atom stereocenters. The van der Waals surface area contributed by atoms with E-state index in [1.54, 1.807) is 12.2 Å². The maximum Gasteiger partial charge on any atom is 0.339 e. The number of phenols is 1. The highest BCUT2D eigenvalue weighted by molar-refractivity contribution is 8.00. The van der Waals surface area contributed by atoms with Crippen LogP contribution < -0.4 is 4.74 Å². The van der Waals surface area contributed by atoms with Gasteiger partial charge in [0.25, 0.3) is 0 Å². The molecule has 2 bridgehead atoms. The van der Waals surface area contributed by atoms with Gasteiger partial charge in [0.15, 0.2) is 0 Å². The predicted octanol–water partition coefficient (Wildman–Crippen LogP) is 2.36. The van der Waals surface area contributed by atoms with E-state index in [-0.39, 0.29) is 22.8 Å². The highest BCUT2D eigenvalue weighted by Gasteiger charge is 2.34. The molecule has 0 saturated carbocycles. The lowest BCUT2D eigenvalue weighted by Gasteiger charge is -2.05. The molecule has 0 saturated heterocycles. The van der Waals surface area contributed by atoms with Crippen molar-refractivity contribution in [3.8, 4) is 11.5 Å². The number of aliphatic hydroxyl groups is 1. The van der Waals surface area contributed by atoms with E-state index in [1.807, 2.05) is 6.92 Å². The van der Waals surface area contributed by atoms with Crippen molar-refractivity contribution < 1.29 is 38.0 Å². The molecule has 28 heavy (non-hydrogen) atoms. The van der Waals surface area contributed by atoms with Crippen molar-refractivity contribution in [1.29, 1.82) is 0 Å². The number of hydrogen-bond acceptors (Lipinski definition) is 7. The number of aromatic carboxylic acids is 1. The normalized spacial score (nSPS) is 15.7. The molecule has 2 aliphatic rings. The molecule has 3 N–H and O–H groups in total. The van der Waals surface area contributed by atoms with E-state index in [0.717, 1.165) is 6.42 Å². The molecule has 0 aliphatic carbocycles. The lowest BCUT2D eigenvalue weighted by Crippen LogP contribution is -1.99. The smallest absolute Gasteiger partial charge is 0.339 e. The molecule has 0 unspecified atom stereocenters. The topological polar surface area (TPSA) is 130 Å². The highest BCUT2D eigenvalue weighted by atomic mass is 32.2. The van der Waals surface area contributed by atoms with Crippen LogP contribution in [0.5, 0.6) is 11.5 Å². The summed E-state index contributed by atoms with van der Waals surface area (Å²) in [4.78, 5) is 11.1. The molecule has 9 heteroatoms. The Bertz CT molecular complexity index is 925. The number of carboxylic acids is 1. The number of rotatable bonds is 8. The Morgan fingerprint density at radius 2 is 1.89 bits per heavy atom. The summed E-state index contributed by atoms with van der Waals surface area (Å²) in [5.41, 5.74) is -0.117. The van der Waals surface area contributed by atoms with Gasteiger partial charge in [0, 0.05) is 25.2 Å². The van der Waals surface area contributed by atoms with Gasteiger partial charge in [-0.15, -0.1) is 0 Å². The van der Waals surface area contributed by atoms with Gasteiger partial charge in [0.05, 0.1) is 18.1 Å². The van der Waals surface area contributed by atoms with Crippen LogP contribution in [0.3, 0.4) is 0 Å². The summed E-state index contributed by atoms with van der Waals surface area (Å²) >= 11 is 0. The van der Waals surface area contributed by atoms with Gasteiger partial charge in [0.1, 0.15) is 27.7 Å². The Morgan fingerprint density at radius 3 is 2.39 bits per heavy atom. The number of carboxylic acid groups (broad SMARTS) is 1. The third-order valence-electron chi connectivity index (χ3n) is 3.75. The van der Waals surface area contributed by atoms with E-state index in [9.17, 15) is 18.3 Å². The van der Waals surface area contributed by atoms with Gasteiger partial charge in [0.2, 0.25) is 9.84 Å². The Hall–Kier alpha value is -2.78. The van der Waals surface area contributed by atoms with E-state index in [0.29, 0.717) is 36.0 Å². The van der Waals surface area contributed by atoms with Crippen molar-refractivity contribution in [2.75, 3.05) is 19.8 Å². The summed E-state index contributed by atoms with van der Waals surface area (Å²) in [6, 6.07) is 4.15. The summed E-state index contributed by atoms with van der Waals surface area (Å²) in [6.07, 6.45) is 5.98. The SMILES string of the molecule is CCCOc1ccc(C(=O)O)c(O)c1.O=S1(=O)C2=CC(OCCCO)=C1C=C2. The average Bonchev–Trinajstić information content (AvgIpc) is 3.07. The van der Waals surface area contributed by atoms with Crippen molar-refractivity contribution in [2.24, 2.45) is 0 Å². The molecule has 2 aliphatic heterocycles. The zero-order chi connectivity index (χ0) is 20.7. The van der Waals surface area contributed by atoms with Crippen molar-refractivity contribution in [3.05, 3.63) is 57.6 Å². The number of aliphatic hydroxyl groups excluding tert-OH is 1. The Morgan fingerprint density at radius 1 is 1.14 bits per heavy atom. The van der Waals surface area contributed by atoms with Crippen LogP contribution in [-0.4, -0.2) is 49.5 Å². The Kier molecular flexibility index (Phi) is 7.24. The van der Waals surface area contributed by atoms with Gasteiger partial charge < -0.3 is 24.8 Å². The van der Waals surface area contributed by atoms with Gasteiger partial charge in [-0.25, -0.2) is 13.2 Å². The van der Waals surface area contributed by atoms with Gasteiger partial charge in [-0.05, 0) is 30.7 Å². The highest BCUT2D eigenvalue weighted by Crippen LogP contribution is 2.37. The quantitative estimate of drug-likeness (QED) is 0.557. The summed E-state index contributed by atoms with van der Waals surface area (Å²) in [5.74, 6) is -0.541. The molecule has 2 heterocycles. The minimum Gasteiger partial charge on any atom is -0.507 e. The van der Waals surface area contributed by atoms with E-state index in [4.69, 9.17) is 19.7 Å². The second-order valence-corrected chi connectivity index (χ2v) is 7.79. The van der Waals surface area contributed by atoms with Gasteiger partial charge in [-0.2, -0.15) is 0 Å². The van der Waals surface area contributed by atoms with Crippen LogP contribution in [0.4, 0.5) is 0 Å². The fraction of sp³-hybridized carbons (Fsp3) is 0.316. The third-order valence-corrected chi connectivity index (χ3v) is 5.54. The minimum absolute atomic E-state index is 0.0434. The number of hydrogen-bond donors (Lipinski definition) is 3. The van der Waals surface area contributed by atoms with E-state index in [2.05, 4.69) is 0 Å². The molecular formula is C19H22O8S. The molecule has 0 spiro atoms. The Labute approximate surface area is 162 Å². The predicted molar refractivity (Wildman–Crippen MR) is 102 cm³/mol. The largest absolute Gasteiger partial charge is 0.507 e. The number of sulfone groups is 1. The molecule has 3 rings (SSSR count). The minimum atomic E-state index is -3.24. The summed E-state index contributed by atoms with van der Waals surface area (Å²) < 4.78 is 33.4. The van der Waals surface area contributed by atoms with E-state index >= 15 is 0 Å². The zero-order valence-corrected chi connectivity index (χ0v) is 16.1. The molecule has 1 aromatic carbocycles. The third kappa shape index (κ3) is 4.93. The molecule has 1 aromatic rings. The standard InChI is InChI=1S/C10H12O4.C9H10O4S/c1-2-5-14-7-3-4-8(10(12)13)9(11)6-7;10-4-1-5-13-8-6-7-2-3-9(8)14(7,11)12/h3-4,6,11H,2,5H2,1H3,(H,12,13);2-3,6,10H,1,4-5H2. The first-order chi connectivity index (χ1) is 13.3. The monoisotopic (exact) mass is 410 g/mol. The second-order valence-electron chi connectivity index (χ2n) is 5.87. The zero-order valence-electron chi connectivity index (χ0n) is 15.3. The van der Waals surface area contributed by atoms with Crippen LogP contribution in [0, 0.1) is 0 Å². The first kappa shape index (κ1) is 21.5. The number of carbonyl (C=O) groups is 1. The van der Waals surface area contributed by atoms with Crippen LogP contribution in [0.1, 0.15) is 30.1 Å². The van der Waals surface area contributed by atoms with Gasteiger partial charge in [-0.1, -0.05) is 6.92 Å². The average molecular weight is 410 g/mol. The number of ether oxygens (including phenoxy) is 2. The van der Waals surface area contributed by atoms with Crippen LogP contribution in [0.15, 0.2) is 52.0 Å². The second kappa shape index (κ2) is 9.43. The van der Waals surface area contributed by atoms with Crippen LogP contribution in [-0.2, 0) is 14.6 Å². The molecule has 8 nitrogen and oxygen atoms in total. The fourth-order valence-corrected chi connectivity index (χ4v) is 3.76. The maximum atomic E-state index is 11.5. The van der Waals surface area contributed by atoms with Crippen molar-refractivity contribution in [2.45, 2.75) is 19.8 Å². The lowest BCUT2D eigenvalue weighted by molar-refractivity contribution is 0.0693. The van der Waals surface area contributed by atoms with Gasteiger partial charge >= 0.3 is 5.97 Å². The van der Waals surface area contributed by atoms with Crippen LogP contribution in [0.2, 0.25) is 0 Å². The summed E-state index contributed by atoms with van der Waals surface area (Å²) in [7, 11) is -3.24. The fourth-order valence-electron chi connectivity index (χ4n) is 2.37. The molecular weight excluding hydrogens is 388 g/mol. The summed E-state index contributed by atoms with van der Waals surface area (Å²) in [6.45, 7) is 2.89. The van der Waals surface area contributed by atoms with Crippen LogP contribution >= 0.6 is 0 Å². The van der Waals surface area contributed by atoms with E-state index < -0.39 is 15.8 Å². The number of allylic oxidation sites excluding steroid dienone is 3. The maximum absolute atomic E-state index is 11.5. The van der Waals surface area contributed by atoms with E-state index in [1.165, 1.54) is 24.3 Å². The van der Waals surface area contributed by atoms with Crippen molar-refractivity contribution in [3.63, 3.8) is 0 Å². The number of fused-ring (bicyclic) bond motifs is 2. The lowest BCUT2D eigenvalue weighted by atomic mass is 10.2. The summed E-state index contributed by atoms with van der Waals surface area (Å²) in [5, 5.41) is 26.5. The van der Waals surface area contributed by atoms with Gasteiger partial charge in [-0.3, -0.25) is 0 Å². The Balaban J connectivity index is 0.000000200. The molecule has 0 aromatic heterocycles.